The normalized spacial score (nSPS) is 10.0. The predicted molar refractivity (Wildman–Crippen MR) is 66.7 cm³/mol. The minimum absolute atomic E-state index is 0.0988. The fourth-order valence-electron chi connectivity index (χ4n) is 1.40. The van der Waals surface area contributed by atoms with E-state index in [0.29, 0.717) is 24.4 Å². The number of carbonyl (C=O) groups is 1. The van der Waals surface area contributed by atoms with Crippen LogP contribution in [-0.2, 0) is 0 Å². The van der Waals surface area contributed by atoms with Crippen LogP contribution in [0.3, 0.4) is 0 Å². The third-order valence-corrected chi connectivity index (χ3v) is 2.26. The van der Waals surface area contributed by atoms with Gasteiger partial charge in [-0.3, -0.25) is 10.5 Å². The third-order valence-electron chi connectivity index (χ3n) is 2.26. The number of ether oxygens (including phenoxy) is 1. The monoisotopic (exact) mass is 237 g/mol. The highest BCUT2D eigenvalue weighted by Gasteiger charge is 2.05. The van der Waals surface area contributed by atoms with Crippen LogP contribution in [0.1, 0.15) is 23.2 Å². The number of benzene rings is 1. The Hall–Kier alpha value is -1.59. The maximum atomic E-state index is 11.7. The first-order chi connectivity index (χ1) is 8.27. The highest BCUT2D eigenvalue weighted by atomic mass is 16.5. The van der Waals surface area contributed by atoms with Crippen molar-refractivity contribution in [2.45, 2.75) is 12.8 Å². The molecule has 0 saturated carbocycles. The summed E-state index contributed by atoms with van der Waals surface area (Å²) in [7, 11) is 0. The van der Waals surface area contributed by atoms with E-state index in [9.17, 15) is 4.79 Å². The quantitative estimate of drug-likeness (QED) is 0.474. The Labute approximate surface area is 101 Å². The van der Waals surface area contributed by atoms with Crippen molar-refractivity contribution in [2.24, 2.45) is 11.5 Å². The number of nitrogens with one attached hydrogen (secondary N) is 1. The van der Waals surface area contributed by atoms with Crippen molar-refractivity contribution in [2.75, 3.05) is 19.8 Å². The number of carbonyl (C=O) groups excluding carboxylic acids is 1. The fourth-order valence-corrected chi connectivity index (χ4v) is 1.40. The SMILES string of the molecule is NCCCCNC(=O)c1cccc(OCN)c1. The molecule has 0 spiro atoms. The van der Waals surface area contributed by atoms with E-state index in [1.807, 2.05) is 0 Å². The lowest BCUT2D eigenvalue weighted by Gasteiger charge is -2.07. The number of rotatable bonds is 7. The molecule has 0 fully saturated rings. The molecule has 0 bridgehead atoms. The maximum absolute atomic E-state index is 11.7. The zero-order chi connectivity index (χ0) is 12.5. The van der Waals surface area contributed by atoms with Gasteiger partial charge in [0.15, 0.2) is 0 Å². The second-order valence-electron chi connectivity index (χ2n) is 3.59. The average molecular weight is 237 g/mol. The van der Waals surface area contributed by atoms with Gasteiger partial charge in [0.25, 0.3) is 5.91 Å². The largest absolute Gasteiger partial charge is 0.479 e. The molecule has 0 saturated heterocycles. The minimum Gasteiger partial charge on any atom is -0.479 e. The molecule has 94 valence electrons. The summed E-state index contributed by atoms with van der Waals surface area (Å²) < 4.78 is 5.12. The lowest BCUT2D eigenvalue weighted by Crippen LogP contribution is -2.24. The number of hydrogen-bond donors (Lipinski definition) is 3. The summed E-state index contributed by atoms with van der Waals surface area (Å²) in [5.74, 6) is 0.492. The van der Waals surface area contributed by atoms with Crippen LogP contribution in [-0.4, -0.2) is 25.7 Å². The molecule has 0 aromatic heterocycles. The molecule has 5 N–H and O–H groups in total. The molecule has 5 heteroatoms. The molecule has 1 rings (SSSR count). The Bertz CT molecular complexity index is 355. The van der Waals surface area contributed by atoms with Crippen molar-refractivity contribution >= 4 is 5.91 Å². The molecular formula is C12H19N3O2. The molecule has 0 radical (unpaired) electrons. The molecule has 0 atom stereocenters. The number of nitrogens with two attached hydrogens (primary N) is 2. The summed E-state index contributed by atoms with van der Waals surface area (Å²) in [6.45, 7) is 1.38. The molecule has 17 heavy (non-hydrogen) atoms. The van der Waals surface area contributed by atoms with Gasteiger partial charge in [-0.05, 0) is 37.6 Å². The van der Waals surface area contributed by atoms with Gasteiger partial charge in [-0.1, -0.05) is 6.07 Å². The molecule has 1 aromatic rings. The Balaban J connectivity index is 2.47. The van der Waals surface area contributed by atoms with Crippen molar-refractivity contribution in [1.82, 2.24) is 5.32 Å². The Kier molecular flexibility index (Phi) is 6.06. The third kappa shape index (κ3) is 4.84. The zero-order valence-corrected chi connectivity index (χ0v) is 9.82. The van der Waals surface area contributed by atoms with E-state index >= 15 is 0 Å². The van der Waals surface area contributed by atoms with Gasteiger partial charge in [0, 0.05) is 12.1 Å². The van der Waals surface area contributed by atoms with Gasteiger partial charge < -0.3 is 15.8 Å². The molecule has 0 aliphatic heterocycles. The van der Waals surface area contributed by atoms with E-state index in [-0.39, 0.29) is 12.6 Å². The lowest BCUT2D eigenvalue weighted by molar-refractivity contribution is 0.0952. The van der Waals surface area contributed by atoms with E-state index in [1.165, 1.54) is 0 Å². The minimum atomic E-state index is -0.107. The first-order valence-electron chi connectivity index (χ1n) is 5.69. The summed E-state index contributed by atoms with van der Waals surface area (Å²) in [6, 6.07) is 6.94. The summed E-state index contributed by atoms with van der Waals surface area (Å²) >= 11 is 0. The van der Waals surface area contributed by atoms with Crippen molar-refractivity contribution in [3.05, 3.63) is 29.8 Å². The Morgan fingerprint density at radius 2 is 2.12 bits per heavy atom. The number of unbranched alkanes of at least 4 members (excludes halogenated alkanes) is 1. The first-order valence-corrected chi connectivity index (χ1v) is 5.69. The van der Waals surface area contributed by atoms with Crippen LogP contribution < -0.4 is 21.5 Å². The van der Waals surface area contributed by atoms with Crippen molar-refractivity contribution in [3.63, 3.8) is 0 Å². The standard InChI is InChI=1S/C12H19N3O2/c13-6-1-2-7-15-12(16)10-4-3-5-11(8-10)17-9-14/h3-5,8H,1-2,6-7,9,13-14H2,(H,15,16). The first kappa shape index (κ1) is 13.5. The van der Waals surface area contributed by atoms with E-state index in [2.05, 4.69) is 5.32 Å². The van der Waals surface area contributed by atoms with Gasteiger partial charge in [0.2, 0.25) is 0 Å². The van der Waals surface area contributed by atoms with Crippen LogP contribution in [0.2, 0.25) is 0 Å². The molecule has 5 nitrogen and oxygen atoms in total. The van der Waals surface area contributed by atoms with E-state index in [0.717, 1.165) is 12.8 Å². The topological polar surface area (TPSA) is 90.4 Å². The second-order valence-corrected chi connectivity index (χ2v) is 3.59. The molecule has 0 heterocycles. The fraction of sp³-hybridized carbons (Fsp3) is 0.417. The van der Waals surface area contributed by atoms with Crippen LogP contribution in [0.25, 0.3) is 0 Å². The Morgan fingerprint density at radius 3 is 2.82 bits per heavy atom. The van der Waals surface area contributed by atoms with Gasteiger partial charge in [0.05, 0.1) is 0 Å². The molecule has 1 amide bonds. The van der Waals surface area contributed by atoms with Gasteiger partial charge in [0.1, 0.15) is 12.5 Å². The second kappa shape index (κ2) is 7.65. The van der Waals surface area contributed by atoms with Crippen molar-refractivity contribution < 1.29 is 9.53 Å². The van der Waals surface area contributed by atoms with Crippen LogP contribution in [0, 0.1) is 0 Å². The van der Waals surface area contributed by atoms with Gasteiger partial charge in [-0.25, -0.2) is 0 Å². The van der Waals surface area contributed by atoms with Crippen LogP contribution >= 0.6 is 0 Å². The van der Waals surface area contributed by atoms with Crippen LogP contribution in [0.5, 0.6) is 5.75 Å². The molecule has 1 aromatic carbocycles. The maximum Gasteiger partial charge on any atom is 0.251 e. The van der Waals surface area contributed by atoms with E-state index < -0.39 is 0 Å². The van der Waals surface area contributed by atoms with Gasteiger partial charge >= 0.3 is 0 Å². The number of hydrogen-bond acceptors (Lipinski definition) is 4. The van der Waals surface area contributed by atoms with Crippen LogP contribution in [0.4, 0.5) is 0 Å². The van der Waals surface area contributed by atoms with Crippen molar-refractivity contribution in [3.8, 4) is 5.75 Å². The highest BCUT2D eigenvalue weighted by Crippen LogP contribution is 2.12. The Morgan fingerprint density at radius 1 is 1.29 bits per heavy atom. The van der Waals surface area contributed by atoms with Gasteiger partial charge in [-0.15, -0.1) is 0 Å². The summed E-state index contributed by atoms with van der Waals surface area (Å²) in [5.41, 5.74) is 11.2. The summed E-state index contributed by atoms with van der Waals surface area (Å²) in [6.07, 6.45) is 1.80. The smallest absolute Gasteiger partial charge is 0.251 e. The van der Waals surface area contributed by atoms with Crippen LogP contribution in [0.15, 0.2) is 24.3 Å². The van der Waals surface area contributed by atoms with Crippen molar-refractivity contribution in [1.29, 1.82) is 0 Å². The lowest BCUT2D eigenvalue weighted by atomic mass is 10.2. The highest BCUT2D eigenvalue weighted by molar-refractivity contribution is 5.94. The molecule has 0 unspecified atom stereocenters. The predicted octanol–water partition coefficient (Wildman–Crippen LogP) is 0.450. The summed E-state index contributed by atoms with van der Waals surface area (Å²) in [5, 5.41) is 2.82. The van der Waals surface area contributed by atoms with E-state index in [1.54, 1.807) is 24.3 Å². The summed E-state index contributed by atoms with van der Waals surface area (Å²) in [4.78, 5) is 11.7. The van der Waals surface area contributed by atoms with E-state index in [4.69, 9.17) is 16.2 Å². The molecular weight excluding hydrogens is 218 g/mol. The molecule has 0 aliphatic rings. The average Bonchev–Trinajstić information content (AvgIpc) is 2.35. The number of amides is 1. The van der Waals surface area contributed by atoms with Gasteiger partial charge in [-0.2, -0.15) is 0 Å². The molecule has 0 aliphatic carbocycles. The zero-order valence-electron chi connectivity index (χ0n) is 9.82.